The first kappa shape index (κ1) is 5.54. The van der Waals surface area contributed by atoms with Gasteiger partial charge in [-0.25, -0.2) is 4.39 Å². The molecule has 0 amide bonds. The molecular formula is C7H9F. The minimum absolute atomic E-state index is 0.796. The number of allylic oxidation sites excluding steroid dienone is 4. The fourth-order valence-electron chi connectivity index (χ4n) is 0.791. The van der Waals surface area contributed by atoms with Crippen molar-refractivity contribution >= 4 is 0 Å². The van der Waals surface area contributed by atoms with Crippen molar-refractivity contribution in [3.63, 3.8) is 0 Å². The summed E-state index contributed by atoms with van der Waals surface area (Å²) in [5.74, 6) is 0. The van der Waals surface area contributed by atoms with E-state index in [1.54, 1.807) is 13.8 Å². The molecule has 1 heteroatoms. The van der Waals surface area contributed by atoms with Crippen LogP contribution in [-0.4, -0.2) is 6.17 Å². The first-order valence-corrected chi connectivity index (χ1v) is 2.71. The Kier molecular flexibility index (Phi) is 1.20. The van der Waals surface area contributed by atoms with Crippen LogP contribution in [0, 0.1) is 0 Å². The summed E-state index contributed by atoms with van der Waals surface area (Å²) in [6.45, 7) is 3.61. The summed E-state index contributed by atoms with van der Waals surface area (Å²) in [7, 11) is 0. The molecule has 0 heterocycles. The maximum Gasteiger partial charge on any atom is 0.142 e. The maximum absolute atomic E-state index is 12.6. The second kappa shape index (κ2) is 1.73. The SMILES string of the molecule is CC1=CC=C(C)C1F. The third-order valence-electron chi connectivity index (χ3n) is 1.41. The molecule has 1 aliphatic rings. The van der Waals surface area contributed by atoms with Crippen molar-refractivity contribution in [3.05, 3.63) is 23.3 Å². The van der Waals surface area contributed by atoms with Crippen LogP contribution in [0.1, 0.15) is 13.8 Å². The minimum atomic E-state index is -0.796. The summed E-state index contributed by atoms with van der Waals surface area (Å²) in [5, 5.41) is 0. The van der Waals surface area contributed by atoms with Crippen LogP contribution in [0.2, 0.25) is 0 Å². The van der Waals surface area contributed by atoms with Crippen molar-refractivity contribution in [3.8, 4) is 0 Å². The summed E-state index contributed by atoms with van der Waals surface area (Å²) in [6.07, 6.45) is 2.84. The number of alkyl halides is 1. The topological polar surface area (TPSA) is 0 Å². The molecule has 8 heavy (non-hydrogen) atoms. The lowest BCUT2D eigenvalue weighted by Crippen LogP contribution is -1.97. The van der Waals surface area contributed by atoms with E-state index in [1.807, 2.05) is 12.2 Å². The van der Waals surface area contributed by atoms with Gasteiger partial charge in [-0.1, -0.05) is 12.2 Å². The monoisotopic (exact) mass is 112 g/mol. The molecule has 0 saturated heterocycles. The highest BCUT2D eigenvalue weighted by Gasteiger charge is 2.13. The van der Waals surface area contributed by atoms with Gasteiger partial charge in [0.1, 0.15) is 6.17 Å². The smallest absolute Gasteiger partial charge is 0.142 e. The molecule has 0 radical (unpaired) electrons. The molecule has 0 aliphatic heterocycles. The van der Waals surface area contributed by atoms with Crippen molar-refractivity contribution in [2.24, 2.45) is 0 Å². The van der Waals surface area contributed by atoms with Crippen molar-refractivity contribution < 1.29 is 4.39 Å². The summed E-state index contributed by atoms with van der Waals surface area (Å²) in [5.41, 5.74) is 1.64. The Labute approximate surface area is 48.7 Å². The zero-order valence-corrected chi connectivity index (χ0v) is 5.11. The van der Waals surface area contributed by atoms with Gasteiger partial charge in [-0.15, -0.1) is 0 Å². The molecule has 0 unspecified atom stereocenters. The van der Waals surface area contributed by atoms with Crippen molar-refractivity contribution in [2.75, 3.05) is 0 Å². The highest BCUT2D eigenvalue weighted by atomic mass is 19.1. The predicted octanol–water partition coefficient (Wildman–Crippen LogP) is 2.23. The number of hydrogen-bond donors (Lipinski definition) is 0. The molecule has 0 fully saturated rings. The Morgan fingerprint density at radius 3 is 1.75 bits per heavy atom. The van der Waals surface area contributed by atoms with Gasteiger partial charge in [-0.2, -0.15) is 0 Å². The van der Waals surface area contributed by atoms with Gasteiger partial charge in [0.2, 0.25) is 0 Å². The fraction of sp³-hybridized carbons (Fsp3) is 0.429. The average molecular weight is 112 g/mol. The summed E-state index contributed by atoms with van der Waals surface area (Å²) in [6, 6.07) is 0. The van der Waals surface area contributed by atoms with Gasteiger partial charge in [0.05, 0.1) is 0 Å². The molecular weight excluding hydrogens is 103 g/mol. The first-order valence-electron chi connectivity index (χ1n) is 2.71. The van der Waals surface area contributed by atoms with Crippen LogP contribution >= 0.6 is 0 Å². The highest BCUT2D eigenvalue weighted by molar-refractivity contribution is 5.33. The van der Waals surface area contributed by atoms with Gasteiger partial charge in [-0.3, -0.25) is 0 Å². The summed E-state index contributed by atoms with van der Waals surface area (Å²) < 4.78 is 12.6. The van der Waals surface area contributed by atoms with Gasteiger partial charge < -0.3 is 0 Å². The molecule has 44 valence electrons. The first-order chi connectivity index (χ1) is 3.72. The highest BCUT2D eigenvalue weighted by Crippen LogP contribution is 2.21. The van der Waals surface area contributed by atoms with E-state index in [0.717, 1.165) is 11.1 Å². The quantitative estimate of drug-likeness (QED) is 0.450. The van der Waals surface area contributed by atoms with Crippen molar-refractivity contribution in [1.29, 1.82) is 0 Å². The molecule has 0 saturated carbocycles. The molecule has 0 aromatic rings. The van der Waals surface area contributed by atoms with Crippen LogP contribution in [0.25, 0.3) is 0 Å². The van der Waals surface area contributed by atoms with Crippen molar-refractivity contribution in [2.45, 2.75) is 20.0 Å². The third-order valence-corrected chi connectivity index (χ3v) is 1.41. The molecule has 0 spiro atoms. The van der Waals surface area contributed by atoms with E-state index in [4.69, 9.17) is 0 Å². The van der Waals surface area contributed by atoms with Gasteiger partial charge in [0.15, 0.2) is 0 Å². The van der Waals surface area contributed by atoms with E-state index in [9.17, 15) is 4.39 Å². The molecule has 0 aromatic heterocycles. The normalized spacial score (nSPS) is 20.9. The van der Waals surface area contributed by atoms with Crippen LogP contribution in [0.3, 0.4) is 0 Å². The van der Waals surface area contributed by atoms with Crippen molar-refractivity contribution in [1.82, 2.24) is 0 Å². The van der Waals surface area contributed by atoms with E-state index >= 15 is 0 Å². The third kappa shape index (κ3) is 0.683. The molecule has 1 aliphatic carbocycles. The molecule has 0 aromatic carbocycles. The molecule has 0 bridgehead atoms. The summed E-state index contributed by atoms with van der Waals surface area (Å²) >= 11 is 0. The Morgan fingerprint density at radius 2 is 1.62 bits per heavy atom. The zero-order valence-electron chi connectivity index (χ0n) is 5.11. The van der Waals surface area contributed by atoms with Gasteiger partial charge >= 0.3 is 0 Å². The lowest BCUT2D eigenvalue weighted by Gasteiger charge is -1.99. The Bertz CT molecular complexity index is 136. The molecule has 1 rings (SSSR count). The maximum atomic E-state index is 12.6. The lowest BCUT2D eigenvalue weighted by atomic mass is 10.2. The van der Waals surface area contributed by atoms with E-state index in [1.165, 1.54) is 0 Å². The minimum Gasteiger partial charge on any atom is -0.238 e. The van der Waals surface area contributed by atoms with Crippen LogP contribution in [0.4, 0.5) is 4.39 Å². The van der Waals surface area contributed by atoms with E-state index in [0.29, 0.717) is 0 Å². The second-order valence-electron chi connectivity index (χ2n) is 2.18. The standard InChI is InChI=1S/C7H9F/c1-5-3-4-6(2)7(5)8/h3-4,7H,1-2H3. The van der Waals surface area contributed by atoms with E-state index in [-0.39, 0.29) is 0 Å². The van der Waals surface area contributed by atoms with E-state index in [2.05, 4.69) is 0 Å². The van der Waals surface area contributed by atoms with Gasteiger partial charge in [0, 0.05) is 0 Å². The average Bonchev–Trinajstić information content (AvgIpc) is 1.98. The molecule has 0 nitrogen and oxygen atoms in total. The Hall–Kier alpha value is -0.590. The largest absolute Gasteiger partial charge is 0.238 e. The number of halogens is 1. The van der Waals surface area contributed by atoms with Crippen LogP contribution in [0.5, 0.6) is 0 Å². The lowest BCUT2D eigenvalue weighted by molar-refractivity contribution is 0.436. The Morgan fingerprint density at radius 1 is 1.25 bits per heavy atom. The number of rotatable bonds is 0. The number of hydrogen-bond acceptors (Lipinski definition) is 0. The predicted molar refractivity (Wildman–Crippen MR) is 32.4 cm³/mol. The van der Waals surface area contributed by atoms with Gasteiger partial charge in [0.25, 0.3) is 0 Å². The van der Waals surface area contributed by atoms with Gasteiger partial charge in [-0.05, 0) is 25.0 Å². The second-order valence-corrected chi connectivity index (χ2v) is 2.18. The Balaban J connectivity index is 2.75. The van der Waals surface area contributed by atoms with Crippen LogP contribution in [-0.2, 0) is 0 Å². The summed E-state index contributed by atoms with van der Waals surface area (Å²) in [4.78, 5) is 0. The molecule has 0 atom stereocenters. The van der Waals surface area contributed by atoms with Crippen LogP contribution in [0.15, 0.2) is 23.3 Å². The van der Waals surface area contributed by atoms with E-state index < -0.39 is 6.17 Å². The fourth-order valence-corrected chi connectivity index (χ4v) is 0.791. The zero-order chi connectivity index (χ0) is 6.15. The van der Waals surface area contributed by atoms with Crippen LogP contribution < -0.4 is 0 Å². The molecule has 0 N–H and O–H groups in total.